The van der Waals surface area contributed by atoms with E-state index in [0.717, 1.165) is 4.90 Å². The van der Waals surface area contributed by atoms with E-state index in [1.54, 1.807) is 6.92 Å². The Morgan fingerprint density at radius 1 is 1.54 bits per heavy atom. The van der Waals surface area contributed by atoms with Crippen molar-refractivity contribution in [1.82, 2.24) is 10.2 Å². The second kappa shape index (κ2) is 3.54. The standard InChI is InChI=1S/C8H13ClN2O2/c1-3-8(2)6(12)11(5-4-9)7(13)10-8/h3-5H2,1-2H3,(H,10,13). The van der Waals surface area contributed by atoms with Gasteiger partial charge in [-0.25, -0.2) is 4.79 Å². The van der Waals surface area contributed by atoms with Crippen molar-refractivity contribution >= 4 is 23.5 Å². The molecule has 1 saturated heterocycles. The van der Waals surface area contributed by atoms with Crippen LogP contribution >= 0.6 is 11.6 Å². The van der Waals surface area contributed by atoms with Crippen molar-refractivity contribution in [3.05, 3.63) is 0 Å². The number of amides is 3. The summed E-state index contributed by atoms with van der Waals surface area (Å²) in [6, 6.07) is -0.338. The van der Waals surface area contributed by atoms with Gasteiger partial charge in [0.25, 0.3) is 5.91 Å². The maximum absolute atomic E-state index is 11.6. The summed E-state index contributed by atoms with van der Waals surface area (Å²) in [5.41, 5.74) is -0.733. The molecule has 0 aromatic carbocycles. The van der Waals surface area contributed by atoms with Gasteiger partial charge in [0, 0.05) is 12.4 Å². The highest BCUT2D eigenvalue weighted by Gasteiger charge is 2.45. The monoisotopic (exact) mass is 204 g/mol. The van der Waals surface area contributed by atoms with E-state index in [2.05, 4.69) is 5.32 Å². The number of carbonyl (C=O) groups excluding carboxylic acids is 2. The number of nitrogens with one attached hydrogen (secondary N) is 1. The van der Waals surface area contributed by atoms with Gasteiger partial charge in [0.15, 0.2) is 0 Å². The number of hydrogen-bond acceptors (Lipinski definition) is 2. The van der Waals surface area contributed by atoms with Crippen LogP contribution in [-0.2, 0) is 4.79 Å². The molecule has 1 fully saturated rings. The van der Waals surface area contributed by atoms with Gasteiger partial charge in [0.05, 0.1) is 0 Å². The Balaban J connectivity index is 2.81. The molecule has 1 rings (SSSR count). The molecule has 0 bridgehead atoms. The van der Waals surface area contributed by atoms with E-state index in [9.17, 15) is 9.59 Å². The van der Waals surface area contributed by atoms with Crippen molar-refractivity contribution in [1.29, 1.82) is 0 Å². The number of alkyl halides is 1. The lowest BCUT2D eigenvalue weighted by Crippen LogP contribution is -2.43. The highest BCUT2D eigenvalue weighted by atomic mass is 35.5. The molecule has 1 aliphatic heterocycles. The lowest BCUT2D eigenvalue weighted by atomic mass is 10.00. The summed E-state index contributed by atoms with van der Waals surface area (Å²) < 4.78 is 0. The Bertz CT molecular complexity index is 244. The Morgan fingerprint density at radius 3 is 2.54 bits per heavy atom. The average molecular weight is 205 g/mol. The van der Waals surface area contributed by atoms with Crippen LogP contribution in [0, 0.1) is 0 Å². The van der Waals surface area contributed by atoms with Gasteiger partial charge in [-0.1, -0.05) is 6.92 Å². The summed E-state index contributed by atoms with van der Waals surface area (Å²) in [4.78, 5) is 24.1. The van der Waals surface area contributed by atoms with Crippen LogP contribution in [0.4, 0.5) is 4.79 Å². The molecule has 74 valence electrons. The molecule has 1 unspecified atom stereocenters. The van der Waals surface area contributed by atoms with Crippen LogP contribution in [0.15, 0.2) is 0 Å². The highest BCUT2D eigenvalue weighted by Crippen LogP contribution is 2.20. The summed E-state index contributed by atoms with van der Waals surface area (Å²) in [5.74, 6) is 0.0968. The normalized spacial score (nSPS) is 28.1. The first-order valence-electron chi connectivity index (χ1n) is 4.25. The fraction of sp³-hybridized carbons (Fsp3) is 0.750. The van der Waals surface area contributed by atoms with Crippen LogP contribution in [0.25, 0.3) is 0 Å². The third-order valence-electron chi connectivity index (χ3n) is 2.36. The van der Waals surface area contributed by atoms with E-state index in [-0.39, 0.29) is 24.4 Å². The number of rotatable bonds is 3. The van der Waals surface area contributed by atoms with Gasteiger partial charge >= 0.3 is 6.03 Å². The van der Waals surface area contributed by atoms with Gasteiger partial charge in [0.1, 0.15) is 5.54 Å². The van der Waals surface area contributed by atoms with E-state index >= 15 is 0 Å². The van der Waals surface area contributed by atoms with Crippen LogP contribution in [0.2, 0.25) is 0 Å². The number of halogens is 1. The zero-order chi connectivity index (χ0) is 10.1. The molecule has 1 atom stereocenters. The minimum absolute atomic E-state index is 0.180. The number of urea groups is 1. The first kappa shape index (κ1) is 10.3. The third kappa shape index (κ3) is 1.63. The van der Waals surface area contributed by atoms with E-state index in [0.29, 0.717) is 6.42 Å². The second-order valence-electron chi connectivity index (χ2n) is 3.26. The largest absolute Gasteiger partial charge is 0.325 e. The van der Waals surface area contributed by atoms with Gasteiger partial charge in [-0.3, -0.25) is 9.69 Å². The van der Waals surface area contributed by atoms with E-state index in [4.69, 9.17) is 11.6 Å². The number of hydrogen-bond donors (Lipinski definition) is 1. The van der Waals surface area contributed by atoms with Crippen molar-refractivity contribution in [3.63, 3.8) is 0 Å². The van der Waals surface area contributed by atoms with Crippen LogP contribution in [0.3, 0.4) is 0 Å². The maximum atomic E-state index is 11.6. The Morgan fingerprint density at radius 2 is 2.15 bits per heavy atom. The lowest BCUT2D eigenvalue weighted by Gasteiger charge is -2.18. The van der Waals surface area contributed by atoms with Crippen LogP contribution < -0.4 is 5.32 Å². The van der Waals surface area contributed by atoms with Crippen molar-refractivity contribution in [3.8, 4) is 0 Å². The molecule has 0 radical (unpaired) electrons. The number of nitrogens with zero attached hydrogens (tertiary/aromatic N) is 1. The zero-order valence-electron chi connectivity index (χ0n) is 7.76. The molecule has 0 saturated carbocycles. The minimum atomic E-state index is -0.733. The molecule has 5 heteroatoms. The highest BCUT2D eigenvalue weighted by molar-refractivity contribution is 6.18. The topological polar surface area (TPSA) is 49.4 Å². The van der Waals surface area contributed by atoms with Gasteiger partial charge in [-0.05, 0) is 13.3 Å². The molecule has 1 aliphatic rings. The lowest BCUT2D eigenvalue weighted by molar-refractivity contribution is -0.130. The first-order valence-corrected chi connectivity index (χ1v) is 4.78. The summed E-state index contributed by atoms with van der Waals surface area (Å²) in [6.45, 7) is 3.87. The van der Waals surface area contributed by atoms with Crippen LogP contribution in [-0.4, -0.2) is 34.8 Å². The smallest absolute Gasteiger partial charge is 0.323 e. The molecule has 0 spiro atoms. The predicted octanol–water partition coefficient (Wildman–Crippen LogP) is 0.946. The summed E-state index contributed by atoms with van der Waals surface area (Å²) in [7, 11) is 0. The van der Waals surface area contributed by atoms with Crippen LogP contribution in [0.5, 0.6) is 0 Å². The van der Waals surface area contributed by atoms with Gasteiger partial charge in [-0.15, -0.1) is 11.6 Å². The van der Waals surface area contributed by atoms with Crippen molar-refractivity contribution in [2.75, 3.05) is 12.4 Å². The fourth-order valence-electron chi connectivity index (χ4n) is 1.27. The molecule has 4 nitrogen and oxygen atoms in total. The zero-order valence-corrected chi connectivity index (χ0v) is 8.52. The van der Waals surface area contributed by atoms with E-state index in [1.807, 2.05) is 6.92 Å². The predicted molar refractivity (Wildman–Crippen MR) is 49.7 cm³/mol. The fourth-order valence-corrected chi connectivity index (χ4v) is 1.44. The van der Waals surface area contributed by atoms with Crippen LogP contribution in [0.1, 0.15) is 20.3 Å². The molecule has 0 aromatic heterocycles. The molecule has 1 N–H and O–H groups in total. The molecule has 0 aromatic rings. The van der Waals surface area contributed by atoms with E-state index < -0.39 is 5.54 Å². The Labute approximate surface area is 82.2 Å². The molecular weight excluding hydrogens is 192 g/mol. The van der Waals surface area contributed by atoms with Crippen molar-refractivity contribution in [2.45, 2.75) is 25.8 Å². The van der Waals surface area contributed by atoms with Crippen molar-refractivity contribution in [2.24, 2.45) is 0 Å². The average Bonchev–Trinajstić information content (AvgIpc) is 2.31. The van der Waals surface area contributed by atoms with Gasteiger partial charge < -0.3 is 5.32 Å². The first-order chi connectivity index (χ1) is 6.05. The maximum Gasteiger partial charge on any atom is 0.325 e. The SMILES string of the molecule is CCC1(C)NC(=O)N(CCCl)C1=O. The third-order valence-corrected chi connectivity index (χ3v) is 2.53. The van der Waals surface area contributed by atoms with Gasteiger partial charge in [-0.2, -0.15) is 0 Å². The molecule has 0 aliphatic carbocycles. The number of carbonyl (C=O) groups is 2. The summed E-state index contributed by atoms with van der Waals surface area (Å²) in [6.07, 6.45) is 0.594. The van der Waals surface area contributed by atoms with Gasteiger partial charge in [0.2, 0.25) is 0 Å². The second-order valence-corrected chi connectivity index (χ2v) is 3.64. The molecule has 13 heavy (non-hydrogen) atoms. The van der Waals surface area contributed by atoms with Crippen molar-refractivity contribution < 1.29 is 9.59 Å². The number of imide groups is 1. The molecule has 3 amide bonds. The molecular formula is C8H13ClN2O2. The summed E-state index contributed by atoms with van der Waals surface area (Å²) >= 11 is 5.47. The quantitative estimate of drug-likeness (QED) is 0.550. The Hall–Kier alpha value is -0.770. The molecule has 1 heterocycles. The summed E-state index contributed by atoms with van der Waals surface area (Å²) in [5, 5.41) is 2.64. The minimum Gasteiger partial charge on any atom is -0.323 e. The Kier molecular flexibility index (Phi) is 2.81. The van der Waals surface area contributed by atoms with E-state index in [1.165, 1.54) is 0 Å².